The lowest BCUT2D eigenvalue weighted by Crippen LogP contribution is -2.22. The van der Waals surface area contributed by atoms with Gasteiger partial charge in [-0.25, -0.2) is 9.97 Å². The highest BCUT2D eigenvalue weighted by Gasteiger charge is 2.37. The minimum Gasteiger partial charge on any atom is -0.332 e. The number of halogens is 6. The Morgan fingerprint density at radius 1 is 0.848 bits per heavy atom. The molecule has 0 aliphatic carbocycles. The molecule has 4 rings (SSSR count). The molecule has 0 amide bonds. The molecule has 2 aromatic carbocycles. The maximum Gasteiger partial charge on any atom is 0.416 e. The number of fused-ring (bicyclic) bond motifs is 1. The number of nitrogens with one attached hydrogen (secondary N) is 2. The zero-order chi connectivity index (χ0) is 23.8. The minimum atomic E-state index is -4.97. The van der Waals surface area contributed by atoms with Gasteiger partial charge in [-0.3, -0.25) is 4.57 Å². The Balaban J connectivity index is 1.57. The number of hydrogen-bond acceptors (Lipinski definition) is 4. The molecule has 2 N–H and O–H groups in total. The van der Waals surface area contributed by atoms with Gasteiger partial charge in [0.1, 0.15) is 12.1 Å². The summed E-state index contributed by atoms with van der Waals surface area (Å²) in [6, 6.07) is 9.97. The quantitative estimate of drug-likeness (QED) is 0.290. The maximum absolute atomic E-state index is 13.0. The molecular weight excluding hydrogens is 470 g/mol. The summed E-state index contributed by atoms with van der Waals surface area (Å²) in [6.07, 6.45) is -6.99. The lowest BCUT2D eigenvalue weighted by atomic mass is 10.1. The molecule has 4 aromatic rings. The first-order chi connectivity index (χ1) is 15.5. The number of alkyl halides is 6. The molecular formula is C20H12F6N6S. The third-order valence-corrected chi connectivity index (χ3v) is 4.62. The van der Waals surface area contributed by atoms with Crippen molar-refractivity contribution in [1.82, 2.24) is 19.5 Å². The van der Waals surface area contributed by atoms with Crippen molar-refractivity contribution in [3.8, 4) is 5.82 Å². The van der Waals surface area contributed by atoms with Gasteiger partial charge in [0.05, 0.1) is 22.2 Å². The summed E-state index contributed by atoms with van der Waals surface area (Å²) in [5.74, 6) is 0.397. The number of para-hydroxylation sites is 2. The monoisotopic (exact) mass is 482 g/mol. The van der Waals surface area contributed by atoms with E-state index in [1.165, 1.54) is 6.20 Å². The first-order valence-electron chi connectivity index (χ1n) is 9.14. The number of anilines is 2. The summed E-state index contributed by atoms with van der Waals surface area (Å²) >= 11 is 5.03. The number of hydrogen-bond donors (Lipinski definition) is 2. The van der Waals surface area contributed by atoms with Crippen LogP contribution in [0.1, 0.15) is 11.1 Å². The van der Waals surface area contributed by atoms with Crippen LogP contribution in [0.3, 0.4) is 0 Å². The highest BCUT2D eigenvalue weighted by atomic mass is 32.1. The van der Waals surface area contributed by atoms with Crippen LogP contribution in [0.4, 0.5) is 38.0 Å². The van der Waals surface area contributed by atoms with Gasteiger partial charge in [-0.05, 0) is 48.6 Å². The van der Waals surface area contributed by atoms with Gasteiger partial charge >= 0.3 is 12.4 Å². The molecule has 0 saturated carbocycles. The smallest absolute Gasteiger partial charge is 0.332 e. The van der Waals surface area contributed by atoms with Gasteiger partial charge in [0.15, 0.2) is 5.11 Å². The minimum absolute atomic E-state index is 0.0224. The number of imidazole rings is 1. The molecule has 0 saturated heterocycles. The van der Waals surface area contributed by atoms with Crippen molar-refractivity contribution >= 4 is 40.0 Å². The van der Waals surface area contributed by atoms with Crippen LogP contribution in [-0.2, 0) is 12.4 Å². The molecule has 0 aliphatic rings. The van der Waals surface area contributed by atoms with Gasteiger partial charge in [-0.1, -0.05) is 12.1 Å². The number of benzene rings is 2. The van der Waals surface area contributed by atoms with E-state index in [-0.39, 0.29) is 17.1 Å². The normalized spacial score (nSPS) is 12.1. The fourth-order valence-corrected chi connectivity index (χ4v) is 3.19. The van der Waals surface area contributed by atoms with Gasteiger partial charge in [0, 0.05) is 11.9 Å². The lowest BCUT2D eigenvalue weighted by Gasteiger charge is -2.16. The molecule has 6 nitrogen and oxygen atoms in total. The predicted molar refractivity (Wildman–Crippen MR) is 113 cm³/mol. The van der Waals surface area contributed by atoms with E-state index in [1.54, 1.807) is 17.0 Å². The molecule has 13 heteroatoms. The van der Waals surface area contributed by atoms with Gasteiger partial charge < -0.3 is 10.6 Å². The Labute approximate surface area is 187 Å². The number of nitrogens with zero attached hydrogens (tertiary/aromatic N) is 4. The van der Waals surface area contributed by atoms with E-state index in [4.69, 9.17) is 12.2 Å². The molecule has 2 aromatic heterocycles. The molecule has 0 aliphatic heterocycles. The van der Waals surface area contributed by atoms with Crippen molar-refractivity contribution in [3.63, 3.8) is 0 Å². The zero-order valence-corrected chi connectivity index (χ0v) is 17.1. The molecule has 170 valence electrons. The van der Waals surface area contributed by atoms with Crippen LogP contribution < -0.4 is 10.6 Å². The van der Waals surface area contributed by atoms with Crippen LogP contribution >= 0.6 is 12.2 Å². The van der Waals surface area contributed by atoms with E-state index in [9.17, 15) is 26.3 Å². The first kappa shape index (κ1) is 22.5. The summed E-state index contributed by atoms with van der Waals surface area (Å²) in [6.45, 7) is 0. The lowest BCUT2D eigenvalue weighted by molar-refractivity contribution is -0.143. The molecule has 0 fully saturated rings. The number of thiocarbonyl (C=S) groups is 1. The second-order valence-corrected chi connectivity index (χ2v) is 7.12. The van der Waals surface area contributed by atoms with Crippen LogP contribution in [0.5, 0.6) is 0 Å². The third kappa shape index (κ3) is 5.03. The van der Waals surface area contributed by atoms with E-state index in [2.05, 4.69) is 25.6 Å². The summed E-state index contributed by atoms with van der Waals surface area (Å²) in [5, 5.41) is 4.58. The Morgan fingerprint density at radius 3 is 2.18 bits per heavy atom. The number of aromatic nitrogens is 4. The van der Waals surface area contributed by atoms with Crippen LogP contribution in [-0.4, -0.2) is 24.6 Å². The van der Waals surface area contributed by atoms with E-state index in [0.717, 1.165) is 11.0 Å². The summed E-state index contributed by atoms with van der Waals surface area (Å²) in [7, 11) is 0. The largest absolute Gasteiger partial charge is 0.416 e. The van der Waals surface area contributed by atoms with Crippen molar-refractivity contribution in [2.75, 3.05) is 10.6 Å². The standard InChI is InChI=1S/C20H12F6N6S/c21-19(22,23)11-7-12(20(24,25)26)9-13(8-11)29-18(33)31-17-27-6-5-16(30-17)32-10-28-14-3-1-2-4-15(14)32/h1-10H,(H2,27,29,30,31,33). The van der Waals surface area contributed by atoms with E-state index in [0.29, 0.717) is 18.0 Å². The van der Waals surface area contributed by atoms with Gasteiger partial charge in [0.2, 0.25) is 5.95 Å². The Morgan fingerprint density at radius 2 is 1.52 bits per heavy atom. The maximum atomic E-state index is 13.0. The van der Waals surface area contributed by atoms with Crippen molar-refractivity contribution in [1.29, 1.82) is 0 Å². The Bertz CT molecular complexity index is 1300. The Hall–Kier alpha value is -3.74. The number of rotatable bonds is 3. The third-order valence-electron chi connectivity index (χ3n) is 4.41. The first-order valence-corrected chi connectivity index (χ1v) is 9.54. The van der Waals surface area contributed by atoms with Crippen molar-refractivity contribution < 1.29 is 26.3 Å². The van der Waals surface area contributed by atoms with E-state index >= 15 is 0 Å². The second-order valence-electron chi connectivity index (χ2n) is 6.72. The molecule has 0 radical (unpaired) electrons. The van der Waals surface area contributed by atoms with E-state index < -0.39 is 29.2 Å². The molecule has 0 bridgehead atoms. The SMILES string of the molecule is FC(F)(F)c1cc(NC(=S)Nc2nccc(-n3cnc4ccccc43)n2)cc(C(F)(F)F)c1. The van der Waals surface area contributed by atoms with Crippen LogP contribution in [0.15, 0.2) is 61.1 Å². The zero-order valence-electron chi connectivity index (χ0n) is 16.2. The molecule has 0 unspecified atom stereocenters. The average molecular weight is 482 g/mol. The molecule has 0 spiro atoms. The summed E-state index contributed by atoms with van der Waals surface area (Å²) in [4.78, 5) is 12.5. The predicted octanol–water partition coefficient (Wildman–Crippen LogP) is 5.66. The van der Waals surface area contributed by atoms with Gasteiger partial charge in [-0.15, -0.1) is 0 Å². The van der Waals surface area contributed by atoms with Crippen molar-refractivity contribution in [2.24, 2.45) is 0 Å². The van der Waals surface area contributed by atoms with Gasteiger partial charge in [0.25, 0.3) is 0 Å². The molecule has 33 heavy (non-hydrogen) atoms. The van der Waals surface area contributed by atoms with Crippen LogP contribution in [0, 0.1) is 0 Å². The topological polar surface area (TPSA) is 67.7 Å². The fourth-order valence-electron chi connectivity index (χ4n) is 2.98. The molecule has 2 heterocycles. The summed E-state index contributed by atoms with van der Waals surface area (Å²) < 4.78 is 79.9. The van der Waals surface area contributed by atoms with Crippen molar-refractivity contribution in [2.45, 2.75) is 12.4 Å². The fraction of sp³-hybridized carbons (Fsp3) is 0.100. The van der Waals surface area contributed by atoms with Crippen molar-refractivity contribution in [3.05, 3.63) is 72.2 Å². The second kappa shape index (κ2) is 8.31. The molecule has 0 atom stereocenters. The van der Waals surface area contributed by atoms with Crippen LogP contribution in [0.2, 0.25) is 0 Å². The van der Waals surface area contributed by atoms with Crippen LogP contribution in [0.25, 0.3) is 16.9 Å². The van der Waals surface area contributed by atoms with Gasteiger partial charge in [-0.2, -0.15) is 31.3 Å². The highest BCUT2D eigenvalue weighted by molar-refractivity contribution is 7.80. The van der Waals surface area contributed by atoms with E-state index in [1.807, 2.05) is 24.3 Å². The summed E-state index contributed by atoms with van der Waals surface area (Å²) in [5.41, 5.74) is -1.92. The highest BCUT2D eigenvalue weighted by Crippen LogP contribution is 2.37. The Kier molecular flexibility index (Phi) is 5.66. The average Bonchev–Trinajstić information content (AvgIpc) is 3.16.